The molecule has 9 atom stereocenters. The zero-order valence-electron chi connectivity index (χ0n) is 17.8. The standard InChI is InChI=1S/C24H38O4/c1-14(7-12-19(25)26)17-10-11-18-16-9-8-15-6-4-5-13-23(15,2)20(16)21(27)22(28)24(17,18)3/h14-18,20-21,27H,4-13H2,1-3H3,(H,25,26). The maximum atomic E-state index is 13.7. The van der Waals surface area contributed by atoms with E-state index in [0.29, 0.717) is 24.2 Å². The normalized spacial score (nSPS) is 49.1. The van der Waals surface area contributed by atoms with E-state index in [1.807, 2.05) is 0 Å². The molecule has 4 aliphatic carbocycles. The molecule has 0 aliphatic heterocycles. The average Bonchev–Trinajstić information content (AvgIpc) is 3.01. The van der Waals surface area contributed by atoms with Crippen LogP contribution < -0.4 is 0 Å². The fourth-order valence-corrected chi connectivity index (χ4v) is 8.62. The van der Waals surface area contributed by atoms with Gasteiger partial charge in [-0.3, -0.25) is 9.59 Å². The summed E-state index contributed by atoms with van der Waals surface area (Å²) in [5.74, 6) is 1.35. The van der Waals surface area contributed by atoms with Crippen LogP contribution in [0, 0.1) is 46.3 Å². The van der Waals surface area contributed by atoms with Crippen molar-refractivity contribution in [2.75, 3.05) is 0 Å². The van der Waals surface area contributed by atoms with Crippen LogP contribution in [0.1, 0.15) is 85.0 Å². The summed E-state index contributed by atoms with van der Waals surface area (Å²) in [7, 11) is 0. The molecule has 0 spiro atoms. The molecule has 4 nitrogen and oxygen atoms in total. The summed E-state index contributed by atoms with van der Waals surface area (Å²) in [6.45, 7) is 6.60. The maximum Gasteiger partial charge on any atom is 0.303 e. The van der Waals surface area contributed by atoms with Crippen LogP contribution in [0.15, 0.2) is 0 Å². The number of carboxylic acids is 1. The van der Waals surface area contributed by atoms with Gasteiger partial charge in [0.15, 0.2) is 5.78 Å². The third-order valence-corrected chi connectivity index (χ3v) is 10.0. The minimum atomic E-state index is -0.829. The molecule has 0 aromatic heterocycles. The second kappa shape index (κ2) is 7.11. The lowest BCUT2D eigenvalue weighted by atomic mass is 9.43. The Bertz CT molecular complexity index is 645. The number of carbonyl (C=O) groups is 2. The second-order valence-electron chi connectivity index (χ2n) is 11.0. The number of fused-ring (bicyclic) bond motifs is 5. The third kappa shape index (κ3) is 2.80. The molecule has 4 heteroatoms. The van der Waals surface area contributed by atoms with Gasteiger partial charge >= 0.3 is 5.97 Å². The summed E-state index contributed by atoms with van der Waals surface area (Å²) in [5.41, 5.74) is -0.360. The zero-order chi connectivity index (χ0) is 20.3. The first kappa shape index (κ1) is 20.4. The molecule has 4 aliphatic rings. The molecule has 0 saturated heterocycles. The van der Waals surface area contributed by atoms with Gasteiger partial charge in [0.05, 0.1) is 0 Å². The monoisotopic (exact) mass is 390 g/mol. The van der Waals surface area contributed by atoms with Gasteiger partial charge in [-0.2, -0.15) is 0 Å². The minimum Gasteiger partial charge on any atom is -0.481 e. The highest BCUT2D eigenvalue weighted by molar-refractivity contribution is 5.91. The van der Waals surface area contributed by atoms with E-state index in [4.69, 9.17) is 5.11 Å². The van der Waals surface area contributed by atoms with Crippen molar-refractivity contribution in [1.29, 1.82) is 0 Å². The Kier molecular flexibility index (Phi) is 5.17. The molecule has 4 fully saturated rings. The SMILES string of the molecule is CC(CCC(=O)O)C1CCC2C3CCC4CCCCC4(C)C3C(O)C(=O)C12C. The fraction of sp³-hybridized carbons (Fsp3) is 0.917. The van der Waals surface area contributed by atoms with Crippen molar-refractivity contribution >= 4 is 11.8 Å². The van der Waals surface area contributed by atoms with Gasteiger partial charge in [-0.05, 0) is 80.0 Å². The molecule has 4 saturated carbocycles. The first-order valence-electron chi connectivity index (χ1n) is 11.7. The molecule has 4 rings (SSSR count). The molecular weight excluding hydrogens is 352 g/mol. The number of Topliss-reactive ketones (excluding diaryl/α,β-unsaturated/α-hetero) is 1. The highest BCUT2D eigenvalue weighted by Crippen LogP contribution is 2.67. The van der Waals surface area contributed by atoms with E-state index in [2.05, 4.69) is 20.8 Å². The van der Waals surface area contributed by atoms with Crippen molar-refractivity contribution in [2.24, 2.45) is 46.3 Å². The van der Waals surface area contributed by atoms with Crippen molar-refractivity contribution in [3.8, 4) is 0 Å². The van der Waals surface area contributed by atoms with Crippen LogP contribution in [0.5, 0.6) is 0 Å². The molecular formula is C24H38O4. The highest BCUT2D eigenvalue weighted by Gasteiger charge is 2.66. The number of aliphatic carboxylic acids is 1. The van der Waals surface area contributed by atoms with Crippen molar-refractivity contribution < 1.29 is 19.8 Å². The van der Waals surface area contributed by atoms with E-state index in [1.165, 1.54) is 25.7 Å². The summed E-state index contributed by atoms with van der Waals surface area (Å²) in [6, 6.07) is 0. The van der Waals surface area contributed by atoms with E-state index in [9.17, 15) is 14.7 Å². The summed E-state index contributed by atoms with van der Waals surface area (Å²) in [6.07, 6.45) is 9.39. The molecule has 28 heavy (non-hydrogen) atoms. The lowest BCUT2D eigenvalue weighted by Crippen LogP contribution is -2.63. The van der Waals surface area contributed by atoms with E-state index in [-0.39, 0.29) is 35.4 Å². The molecule has 0 heterocycles. The molecule has 9 unspecified atom stereocenters. The van der Waals surface area contributed by atoms with Crippen LogP contribution in [0.25, 0.3) is 0 Å². The summed E-state index contributed by atoms with van der Waals surface area (Å²) in [5, 5.41) is 20.4. The largest absolute Gasteiger partial charge is 0.481 e. The second-order valence-corrected chi connectivity index (χ2v) is 11.0. The Morgan fingerprint density at radius 2 is 1.89 bits per heavy atom. The maximum absolute atomic E-state index is 13.7. The Hall–Kier alpha value is -0.900. The number of ketones is 1. The lowest BCUT2D eigenvalue weighted by molar-refractivity contribution is -0.184. The van der Waals surface area contributed by atoms with Gasteiger partial charge in [-0.25, -0.2) is 0 Å². The first-order valence-corrected chi connectivity index (χ1v) is 11.7. The van der Waals surface area contributed by atoms with Gasteiger partial charge in [-0.1, -0.05) is 33.6 Å². The Labute approximate surface area is 169 Å². The first-order chi connectivity index (χ1) is 13.2. The van der Waals surface area contributed by atoms with Crippen LogP contribution >= 0.6 is 0 Å². The average molecular weight is 391 g/mol. The Morgan fingerprint density at radius 3 is 2.61 bits per heavy atom. The van der Waals surface area contributed by atoms with Crippen LogP contribution in [-0.2, 0) is 9.59 Å². The Morgan fingerprint density at radius 1 is 1.14 bits per heavy atom. The molecule has 2 N–H and O–H groups in total. The van der Waals surface area contributed by atoms with Crippen molar-refractivity contribution in [1.82, 2.24) is 0 Å². The predicted molar refractivity (Wildman–Crippen MR) is 108 cm³/mol. The van der Waals surface area contributed by atoms with Gasteiger partial charge in [-0.15, -0.1) is 0 Å². The molecule has 0 aromatic carbocycles. The third-order valence-electron chi connectivity index (χ3n) is 10.0. The fourth-order valence-electron chi connectivity index (χ4n) is 8.62. The predicted octanol–water partition coefficient (Wildman–Crippen LogP) is 4.69. The van der Waals surface area contributed by atoms with Gasteiger partial charge in [0, 0.05) is 17.8 Å². The number of rotatable bonds is 4. The summed E-state index contributed by atoms with van der Waals surface area (Å²) < 4.78 is 0. The molecule has 0 aromatic rings. The quantitative estimate of drug-likeness (QED) is 0.730. The Balaban J connectivity index is 1.63. The van der Waals surface area contributed by atoms with Crippen LogP contribution in [0.3, 0.4) is 0 Å². The van der Waals surface area contributed by atoms with Crippen molar-refractivity contribution in [2.45, 2.75) is 91.1 Å². The topological polar surface area (TPSA) is 74.6 Å². The molecule has 0 amide bonds. The van der Waals surface area contributed by atoms with Crippen molar-refractivity contribution in [3.63, 3.8) is 0 Å². The van der Waals surface area contributed by atoms with Gasteiger partial charge in [0.25, 0.3) is 0 Å². The van der Waals surface area contributed by atoms with Crippen LogP contribution in [0.2, 0.25) is 0 Å². The van der Waals surface area contributed by atoms with Crippen LogP contribution in [-0.4, -0.2) is 28.1 Å². The number of carboxylic acid groups (broad SMARTS) is 1. The van der Waals surface area contributed by atoms with Gasteiger partial charge in [0.1, 0.15) is 6.10 Å². The number of hydrogen-bond donors (Lipinski definition) is 2. The number of aliphatic hydroxyl groups excluding tert-OH is 1. The molecule has 0 bridgehead atoms. The summed E-state index contributed by atoms with van der Waals surface area (Å²) >= 11 is 0. The number of hydrogen-bond acceptors (Lipinski definition) is 3. The van der Waals surface area contributed by atoms with Crippen molar-refractivity contribution in [3.05, 3.63) is 0 Å². The molecule has 0 radical (unpaired) electrons. The summed E-state index contributed by atoms with van der Waals surface area (Å²) in [4.78, 5) is 24.7. The smallest absolute Gasteiger partial charge is 0.303 e. The van der Waals surface area contributed by atoms with Gasteiger partial charge < -0.3 is 10.2 Å². The van der Waals surface area contributed by atoms with Gasteiger partial charge in [0.2, 0.25) is 0 Å². The lowest BCUT2D eigenvalue weighted by Gasteiger charge is -2.61. The highest BCUT2D eigenvalue weighted by atomic mass is 16.4. The minimum absolute atomic E-state index is 0.0795. The van der Waals surface area contributed by atoms with E-state index >= 15 is 0 Å². The van der Waals surface area contributed by atoms with E-state index in [0.717, 1.165) is 25.7 Å². The number of carbonyl (C=O) groups excluding carboxylic acids is 1. The molecule has 158 valence electrons. The number of aliphatic hydroxyl groups is 1. The zero-order valence-corrected chi connectivity index (χ0v) is 17.8. The van der Waals surface area contributed by atoms with Crippen LogP contribution in [0.4, 0.5) is 0 Å². The van der Waals surface area contributed by atoms with E-state index in [1.54, 1.807) is 0 Å². The van der Waals surface area contributed by atoms with E-state index < -0.39 is 17.5 Å².